The molecule has 1 aliphatic rings. The molecule has 1 unspecified atom stereocenters. The number of carbonyl (C=O) groups is 1. The van der Waals surface area contributed by atoms with E-state index in [1.54, 1.807) is 4.90 Å². The van der Waals surface area contributed by atoms with Crippen molar-refractivity contribution in [2.24, 2.45) is 0 Å². The van der Waals surface area contributed by atoms with E-state index >= 15 is 0 Å². The number of nitrogens with zero attached hydrogens (tertiary/aromatic N) is 1. The van der Waals surface area contributed by atoms with Gasteiger partial charge in [-0.25, -0.2) is 0 Å². The molecule has 1 rings (SSSR count). The van der Waals surface area contributed by atoms with Crippen LogP contribution in [0, 0.1) is 0 Å². The molecule has 0 saturated carbocycles. The van der Waals surface area contributed by atoms with Crippen molar-refractivity contribution >= 4 is 6.41 Å². The topological polar surface area (TPSA) is 40.5 Å². The Balaban J connectivity index is 2.34. The number of likely N-dealkylation sites (tertiary alicyclic amines) is 1. The lowest BCUT2D eigenvalue weighted by atomic mass is 10.2. The van der Waals surface area contributed by atoms with E-state index < -0.39 is 0 Å². The van der Waals surface area contributed by atoms with E-state index in [4.69, 9.17) is 5.11 Å². The molecule has 1 heterocycles. The molecule has 0 radical (unpaired) electrons. The Morgan fingerprint density at radius 2 is 2.50 bits per heavy atom. The molecule has 1 amide bonds. The summed E-state index contributed by atoms with van der Waals surface area (Å²) in [7, 11) is 0. The summed E-state index contributed by atoms with van der Waals surface area (Å²) < 4.78 is 0. The highest BCUT2D eigenvalue weighted by Crippen LogP contribution is 2.17. The molecule has 1 fully saturated rings. The molecule has 0 aromatic heterocycles. The fourth-order valence-electron chi connectivity index (χ4n) is 1.46. The van der Waals surface area contributed by atoms with Crippen LogP contribution in [0.25, 0.3) is 0 Å². The molecular formula is C7H13NO2. The van der Waals surface area contributed by atoms with E-state index in [0.717, 1.165) is 32.2 Å². The van der Waals surface area contributed by atoms with Gasteiger partial charge in [0.2, 0.25) is 6.41 Å². The normalized spacial score (nSPS) is 25.3. The highest BCUT2D eigenvalue weighted by atomic mass is 16.3. The predicted octanol–water partition coefficient (Wildman–Crippen LogP) is -0.0104. The first-order chi connectivity index (χ1) is 4.88. The SMILES string of the molecule is O=CN1CCCC1CCO. The molecule has 0 spiro atoms. The summed E-state index contributed by atoms with van der Waals surface area (Å²) in [4.78, 5) is 12.1. The Morgan fingerprint density at radius 1 is 1.70 bits per heavy atom. The Bertz CT molecular complexity index is 116. The molecular weight excluding hydrogens is 130 g/mol. The molecule has 1 N–H and O–H groups in total. The summed E-state index contributed by atoms with van der Waals surface area (Å²) in [5, 5.41) is 8.60. The molecule has 0 aromatic rings. The fraction of sp³-hybridized carbons (Fsp3) is 0.857. The second-order valence-electron chi connectivity index (χ2n) is 2.65. The maximum Gasteiger partial charge on any atom is 0.209 e. The van der Waals surface area contributed by atoms with E-state index in [0.29, 0.717) is 6.04 Å². The lowest BCUT2D eigenvalue weighted by molar-refractivity contribution is -0.119. The molecule has 0 aromatic carbocycles. The Morgan fingerprint density at radius 3 is 3.10 bits per heavy atom. The maximum absolute atomic E-state index is 10.3. The summed E-state index contributed by atoms with van der Waals surface area (Å²) in [5.41, 5.74) is 0. The van der Waals surface area contributed by atoms with Crippen LogP contribution in [0.3, 0.4) is 0 Å². The molecule has 10 heavy (non-hydrogen) atoms. The van der Waals surface area contributed by atoms with Crippen molar-refractivity contribution < 1.29 is 9.90 Å². The minimum atomic E-state index is 0.189. The van der Waals surface area contributed by atoms with E-state index in [1.165, 1.54) is 0 Å². The molecule has 0 bridgehead atoms. The summed E-state index contributed by atoms with van der Waals surface area (Å²) >= 11 is 0. The lowest BCUT2D eigenvalue weighted by Crippen LogP contribution is -2.28. The minimum absolute atomic E-state index is 0.189. The van der Waals surface area contributed by atoms with Gasteiger partial charge in [-0.2, -0.15) is 0 Å². The number of amides is 1. The second kappa shape index (κ2) is 3.56. The van der Waals surface area contributed by atoms with Crippen LogP contribution in [0.1, 0.15) is 19.3 Å². The van der Waals surface area contributed by atoms with E-state index in [1.807, 2.05) is 0 Å². The van der Waals surface area contributed by atoms with Crippen LogP contribution in [0.2, 0.25) is 0 Å². The van der Waals surface area contributed by atoms with Crippen molar-refractivity contribution in [3.63, 3.8) is 0 Å². The van der Waals surface area contributed by atoms with Gasteiger partial charge < -0.3 is 10.0 Å². The average Bonchev–Trinajstić information content (AvgIpc) is 2.36. The highest BCUT2D eigenvalue weighted by Gasteiger charge is 2.21. The number of rotatable bonds is 3. The first-order valence-corrected chi connectivity index (χ1v) is 3.70. The highest BCUT2D eigenvalue weighted by molar-refractivity contribution is 5.48. The molecule has 3 nitrogen and oxygen atoms in total. The van der Waals surface area contributed by atoms with Gasteiger partial charge in [-0.1, -0.05) is 0 Å². The fourth-order valence-corrected chi connectivity index (χ4v) is 1.46. The van der Waals surface area contributed by atoms with Gasteiger partial charge in [0.15, 0.2) is 0 Å². The molecule has 58 valence electrons. The first-order valence-electron chi connectivity index (χ1n) is 3.70. The Labute approximate surface area is 60.6 Å². The number of aliphatic hydroxyl groups excluding tert-OH is 1. The third-order valence-electron chi connectivity index (χ3n) is 2.02. The van der Waals surface area contributed by atoms with Crippen LogP contribution >= 0.6 is 0 Å². The largest absolute Gasteiger partial charge is 0.396 e. The van der Waals surface area contributed by atoms with Crippen LogP contribution in [-0.2, 0) is 4.79 Å². The quantitative estimate of drug-likeness (QED) is 0.564. The van der Waals surface area contributed by atoms with Gasteiger partial charge in [0.05, 0.1) is 0 Å². The zero-order valence-corrected chi connectivity index (χ0v) is 5.99. The molecule has 0 aliphatic carbocycles. The maximum atomic E-state index is 10.3. The van der Waals surface area contributed by atoms with Gasteiger partial charge >= 0.3 is 0 Å². The van der Waals surface area contributed by atoms with Crippen molar-refractivity contribution in [2.75, 3.05) is 13.2 Å². The zero-order valence-electron chi connectivity index (χ0n) is 5.99. The summed E-state index contributed by atoms with van der Waals surface area (Å²) in [6.45, 7) is 1.06. The number of aliphatic hydroxyl groups is 1. The summed E-state index contributed by atoms with van der Waals surface area (Å²) in [6.07, 6.45) is 3.76. The number of carbonyl (C=O) groups excluding carboxylic acids is 1. The van der Waals surface area contributed by atoms with Crippen molar-refractivity contribution in [1.82, 2.24) is 4.90 Å². The van der Waals surface area contributed by atoms with Crippen molar-refractivity contribution in [1.29, 1.82) is 0 Å². The van der Waals surface area contributed by atoms with Crippen molar-refractivity contribution in [3.05, 3.63) is 0 Å². The molecule has 1 atom stereocenters. The molecule has 3 heteroatoms. The van der Waals surface area contributed by atoms with Crippen molar-refractivity contribution in [2.45, 2.75) is 25.3 Å². The minimum Gasteiger partial charge on any atom is -0.396 e. The van der Waals surface area contributed by atoms with Gasteiger partial charge in [0, 0.05) is 19.2 Å². The Hall–Kier alpha value is -0.570. The predicted molar refractivity (Wildman–Crippen MR) is 37.5 cm³/mol. The smallest absolute Gasteiger partial charge is 0.209 e. The van der Waals surface area contributed by atoms with Crippen molar-refractivity contribution in [3.8, 4) is 0 Å². The van der Waals surface area contributed by atoms with Gasteiger partial charge in [0.25, 0.3) is 0 Å². The standard InChI is InChI=1S/C7H13NO2/c9-5-3-7-2-1-4-8(7)6-10/h6-7,9H,1-5H2. The van der Waals surface area contributed by atoms with Crippen LogP contribution < -0.4 is 0 Å². The van der Waals surface area contributed by atoms with E-state index in [2.05, 4.69) is 0 Å². The van der Waals surface area contributed by atoms with Gasteiger partial charge in [-0.05, 0) is 19.3 Å². The zero-order chi connectivity index (χ0) is 7.40. The van der Waals surface area contributed by atoms with E-state index in [-0.39, 0.29) is 6.61 Å². The average molecular weight is 143 g/mol. The van der Waals surface area contributed by atoms with E-state index in [9.17, 15) is 4.79 Å². The molecule has 1 aliphatic heterocycles. The summed E-state index contributed by atoms with van der Waals surface area (Å²) in [6, 6.07) is 0.308. The van der Waals surface area contributed by atoms with Crippen LogP contribution in [-0.4, -0.2) is 35.6 Å². The lowest BCUT2D eigenvalue weighted by Gasteiger charge is -2.17. The van der Waals surface area contributed by atoms with Gasteiger partial charge in [-0.15, -0.1) is 0 Å². The van der Waals surface area contributed by atoms with Gasteiger partial charge in [-0.3, -0.25) is 4.79 Å². The second-order valence-corrected chi connectivity index (χ2v) is 2.65. The molecule has 1 saturated heterocycles. The van der Waals surface area contributed by atoms with Crippen LogP contribution in [0.5, 0.6) is 0 Å². The van der Waals surface area contributed by atoms with Crippen LogP contribution in [0.15, 0.2) is 0 Å². The monoisotopic (exact) mass is 143 g/mol. The first kappa shape index (κ1) is 7.54. The Kier molecular flexibility index (Phi) is 2.68. The van der Waals surface area contributed by atoms with Gasteiger partial charge in [0.1, 0.15) is 0 Å². The third kappa shape index (κ3) is 1.48. The summed E-state index contributed by atoms with van der Waals surface area (Å²) in [5.74, 6) is 0. The number of hydrogen-bond acceptors (Lipinski definition) is 2. The third-order valence-corrected chi connectivity index (χ3v) is 2.02. The van der Waals surface area contributed by atoms with Crippen LogP contribution in [0.4, 0.5) is 0 Å². The number of hydrogen-bond donors (Lipinski definition) is 1.